The Kier molecular flexibility index (Phi) is 4.48. The third kappa shape index (κ3) is 3.28. The largest absolute Gasteiger partial charge is 0.226 e. The van der Waals surface area contributed by atoms with E-state index < -0.39 is 0 Å². The molecule has 0 unspecified atom stereocenters. The minimum Gasteiger partial charge on any atom is -0.226 e. The average Bonchev–Trinajstić information content (AvgIpc) is 2.39. The number of nitrogens with zero attached hydrogens (tertiary/aromatic N) is 2. The third-order valence-electron chi connectivity index (χ3n) is 3.10. The highest BCUT2D eigenvalue weighted by molar-refractivity contribution is 7.99. The number of hydrogen-bond acceptors (Lipinski definition) is 3. The summed E-state index contributed by atoms with van der Waals surface area (Å²) in [5.41, 5.74) is 3.54. The topological polar surface area (TPSA) is 25.8 Å². The van der Waals surface area contributed by atoms with Crippen LogP contribution in [0.1, 0.15) is 29.4 Å². The fourth-order valence-electron chi connectivity index (χ4n) is 1.66. The van der Waals surface area contributed by atoms with Crippen molar-refractivity contribution < 1.29 is 0 Å². The molecule has 0 amide bonds. The van der Waals surface area contributed by atoms with E-state index in [1.807, 2.05) is 13.8 Å². The molecule has 0 fully saturated rings. The van der Waals surface area contributed by atoms with Gasteiger partial charge in [0.1, 0.15) is 16.0 Å². The van der Waals surface area contributed by atoms with E-state index in [1.165, 1.54) is 16.0 Å². The summed E-state index contributed by atoms with van der Waals surface area (Å²) >= 11 is 7.80. The highest BCUT2D eigenvalue weighted by atomic mass is 35.5. The fourth-order valence-corrected chi connectivity index (χ4v) is 2.90. The highest BCUT2D eigenvalue weighted by Gasteiger charge is 2.10. The maximum atomic E-state index is 6.16. The molecule has 0 saturated carbocycles. The highest BCUT2D eigenvalue weighted by Crippen LogP contribution is 2.32. The molecule has 100 valence electrons. The van der Waals surface area contributed by atoms with Gasteiger partial charge in [0.15, 0.2) is 0 Å². The molecule has 1 aromatic heterocycles. The van der Waals surface area contributed by atoms with Gasteiger partial charge < -0.3 is 0 Å². The Morgan fingerprint density at radius 3 is 2.47 bits per heavy atom. The molecule has 0 N–H and O–H groups in total. The van der Waals surface area contributed by atoms with Crippen molar-refractivity contribution in [1.82, 2.24) is 9.97 Å². The van der Waals surface area contributed by atoms with Crippen LogP contribution >= 0.6 is 23.4 Å². The van der Waals surface area contributed by atoms with Crippen molar-refractivity contribution in [2.45, 2.75) is 44.0 Å². The van der Waals surface area contributed by atoms with Crippen molar-refractivity contribution in [1.29, 1.82) is 0 Å². The molecule has 4 heteroatoms. The first kappa shape index (κ1) is 14.4. The molecule has 1 heterocycles. The first-order valence-corrected chi connectivity index (χ1v) is 7.48. The van der Waals surface area contributed by atoms with E-state index in [4.69, 9.17) is 11.6 Å². The first-order valence-electron chi connectivity index (χ1n) is 6.29. The third-order valence-corrected chi connectivity index (χ3v) is 4.55. The Morgan fingerprint density at radius 2 is 1.84 bits per heavy atom. The molecule has 2 rings (SSSR count). The lowest BCUT2D eigenvalue weighted by molar-refractivity contribution is 0.871. The summed E-state index contributed by atoms with van der Waals surface area (Å²) in [6.45, 7) is 8.24. The van der Waals surface area contributed by atoms with Crippen molar-refractivity contribution in [2.75, 3.05) is 0 Å². The number of aryl methyl sites for hydroxylation is 3. The maximum absolute atomic E-state index is 6.16. The van der Waals surface area contributed by atoms with Crippen LogP contribution in [0.3, 0.4) is 0 Å². The molecule has 0 aliphatic rings. The monoisotopic (exact) mass is 292 g/mol. The molecular formula is C15H17ClN2S. The van der Waals surface area contributed by atoms with Crippen LogP contribution < -0.4 is 0 Å². The Hall–Kier alpha value is -1.06. The van der Waals surface area contributed by atoms with E-state index in [-0.39, 0.29) is 0 Å². The van der Waals surface area contributed by atoms with Gasteiger partial charge in [0.05, 0.1) is 0 Å². The van der Waals surface area contributed by atoms with E-state index in [2.05, 4.69) is 42.0 Å². The van der Waals surface area contributed by atoms with Gasteiger partial charge >= 0.3 is 0 Å². The van der Waals surface area contributed by atoms with Gasteiger partial charge in [0, 0.05) is 16.9 Å². The second-order valence-corrected chi connectivity index (χ2v) is 5.98. The zero-order valence-electron chi connectivity index (χ0n) is 11.6. The molecule has 19 heavy (non-hydrogen) atoms. The van der Waals surface area contributed by atoms with Crippen molar-refractivity contribution >= 4 is 23.4 Å². The summed E-state index contributed by atoms with van der Waals surface area (Å²) in [6, 6.07) is 6.44. The van der Waals surface area contributed by atoms with Crippen molar-refractivity contribution in [2.24, 2.45) is 0 Å². The summed E-state index contributed by atoms with van der Waals surface area (Å²) in [5, 5.41) is 1.50. The van der Waals surface area contributed by atoms with Crippen molar-refractivity contribution in [3.05, 3.63) is 45.9 Å². The second-order valence-electron chi connectivity index (χ2n) is 4.56. The zero-order valence-corrected chi connectivity index (χ0v) is 13.2. The van der Waals surface area contributed by atoms with E-state index in [9.17, 15) is 0 Å². The van der Waals surface area contributed by atoms with Gasteiger partial charge in [-0.1, -0.05) is 36.4 Å². The van der Waals surface area contributed by atoms with Crippen LogP contribution in [-0.4, -0.2) is 9.97 Å². The molecule has 1 aromatic carbocycles. The lowest BCUT2D eigenvalue weighted by Gasteiger charge is -2.09. The van der Waals surface area contributed by atoms with E-state index in [0.717, 1.165) is 22.8 Å². The quantitative estimate of drug-likeness (QED) is 0.762. The number of rotatable bonds is 3. The van der Waals surface area contributed by atoms with Gasteiger partial charge in [-0.25, -0.2) is 9.97 Å². The molecule has 0 bridgehead atoms. The van der Waals surface area contributed by atoms with Gasteiger partial charge in [-0.05, 0) is 44.0 Å². The standard InChI is InChI=1S/C15H17ClN2S/c1-5-13-17-14(16)11(4)15(18-13)19-12-7-6-9(2)10(3)8-12/h6-8H,5H2,1-4H3. The van der Waals surface area contributed by atoms with Gasteiger partial charge in [0.25, 0.3) is 0 Å². The molecule has 0 atom stereocenters. The number of aromatic nitrogens is 2. The maximum Gasteiger partial charge on any atom is 0.136 e. The summed E-state index contributed by atoms with van der Waals surface area (Å²) in [6.07, 6.45) is 0.792. The Labute approximate surface area is 123 Å². The van der Waals surface area contributed by atoms with Gasteiger partial charge in [-0.15, -0.1) is 0 Å². The summed E-state index contributed by atoms with van der Waals surface area (Å²) in [4.78, 5) is 10.0. The van der Waals surface area contributed by atoms with E-state index >= 15 is 0 Å². The molecule has 0 spiro atoms. The summed E-state index contributed by atoms with van der Waals surface area (Å²) < 4.78 is 0. The predicted molar refractivity (Wildman–Crippen MR) is 81.2 cm³/mol. The molecular weight excluding hydrogens is 276 g/mol. The van der Waals surface area contributed by atoms with E-state index in [0.29, 0.717) is 5.15 Å². The van der Waals surface area contributed by atoms with Crippen LogP contribution in [-0.2, 0) is 6.42 Å². The smallest absolute Gasteiger partial charge is 0.136 e. The molecule has 0 saturated heterocycles. The fraction of sp³-hybridized carbons (Fsp3) is 0.333. The van der Waals surface area contributed by atoms with Crippen LogP contribution in [0.2, 0.25) is 5.15 Å². The van der Waals surface area contributed by atoms with Gasteiger partial charge in [0.2, 0.25) is 0 Å². The van der Waals surface area contributed by atoms with Crippen LogP contribution in [0.5, 0.6) is 0 Å². The summed E-state index contributed by atoms with van der Waals surface area (Å²) in [5.74, 6) is 0.793. The summed E-state index contributed by atoms with van der Waals surface area (Å²) in [7, 11) is 0. The van der Waals surface area contributed by atoms with Crippen molar-refractivity contribution in [3.63, 3.8) is 0 Å². The zero-order chi connectivity index (χ0) is 14.0. The number of hydrogen-bond donors (Lipinski definition) is 0. The average molecular weight is 293 g/mol. The Balaban J connectivity index is 2.37. The number of benzene rings is 1. The molecule has 0 aliphatic heterocycles. The van der Waals surface area contributed by atoms with Crippen LogP contribution in [0, 0.1) is 20.8 Å². The Morgan fingerprint density at radius 1 is 1.11 bits per heavy atom. The minimum atomic E-state index is 0.554. The number of halogens is 1. The lowest BCUT2D eigenvalue weighted by atomic mass is 10.1. The molecule has 2 nitrogen and oxygen atoms in total. The van der Waals surface area contributed by atoms with E-state index in [1.54, 1.807) is 11.8 Å². The minimum absolute atomic E-state index is 0.554. The molecule has 0 aliphatic carbocycles. The second kappa shape index (κ2) is 5.93. The SMILES string of the molecule is CCc1nc(Cl)c(C)c(Sc2ccc(C)c(C)c2)n1. The predicted octanol–water partition coefficient (Wildman–Crippen LogP) is 4.77. The normalized spacial score (nSPS) is 10.8. The molecule has 2 aromatic rings. The first-order chi connectivity index (χ1) is 9.01. The van der Waals surface area contributed by atoms with Crippen LogP contribution in [0.4, 0.5) is 0 Å². The lowest BCUT2D eigenvalue weighted by Crippen LogP contribution is -1.98. The Bertz CT molecular complexity index is 611. The van der Waals surface area contributed by atoms with Gasteiger partial charge in [-0.2, -0.15) is 0 Å². The van der Waals surface area contributed by atoms with Crippen LogP contribution in [0.25, 0.3) is 0 Å². The van der Waals surface area contributed by atoms with Crippen molar-refractivity contribution in [3.8, 4) is 0 Å². The van der Waals surface area contributed by atoms with Crippen LogP contribution in [0.15, 0.2) is 28.1 Å². The molecule has 0 radical (unpaired) electrons. The van der Waals surface area contributed by atoms with Gasteiger partial charge in [-0.3, -0.25) is 0 Å².